The predicted octanol–water partition coefficient (Wildman–Crippen LogP) is 2.39. The molecule has 1 N–H and O–H groups in total. The maximum Gasteiger partial charge on any atom is 0.310 e. The number of rotatable bonds is 4. The van der Waals surface area contributed by atoms with Gasteiger partial charge >= 0.3 is 5.97 Å². The summed E-state index contributed by atoms with van der Waals surface area (Å²) in [5.41, 5.74) is 0.480. The van der Waals surface area contributed by atoms with Crippen molar-refractivity contribution in [3.63, 3.8) is 0 Å². The van der Waals surface area contributed by atoms with Crippen LogP contribution in [0.15, 0.2) is 5.38 Å². The molecule has 18 heavy (non-hydrogen) atoms. The van der Waals surface area contributed by atoms with Gasteiger partial charge in [0, 0.05) is 18.5 Å². The van der Waals surface area contributed by atoms with Gasteiger partial charge in [0.2, 0.25) is 0 Å². The van der Waals surface area contributed by atoms with E-state index in [0.717, 1.165) is 43.1 Å². The van der Waals surface area contributed by atoms with Crippen LogP contribution in [0.1, 0.15) is 37.4 Å². The molecular formula is C13H20N2O2S. The summed E-state index contributed by atoms with van der Waals surface area (Å²) in [4.78, 5) is 18.0. The number of piperidine rings is 1. The lowest BCUT2D eigenvalue weighted by Gasteiger charge is -2.37. The molecule has 0 radical (unpaired) electrons. The van der Waals surface area contributed by atoms with Crippen LogP contribution in [0.3, 0.4) is 0 Å². The summed E-state index contributed by atoms with van der Waals surface area (Å²) >= 11 is 1.69. The number of thiazole rings is 1. The number of carboxylic acids is 1. The Morgan fingerprint density at radius 3 is 3.06 bits per heavy atom. The Bertz CT molecular complexity index is 432. The van der Waals surface area contributed by atoms with Crippen molar-refractivity contribution < 1.29 is 9.90 Å². The summed E-state index contributed by atoms with van der Waals surface area (Å²) < 4.78 is 0. The van der Waals surface area contributed by atoms with E-state index in [1.54, 1.807) is 11.3 Å². The molecule has 0 aliphatic carbocycles. The first-order valence-electron chi connectivity index (χ1n) is 6.42. The van der Waals surface area contributed by atoms with E-state index < -0.39 is 11.4 Å². The fourth-order valence-corrected chi connectivity index (χ4v) is 3.20. The molecule has 2 heterocycles. The number of nitrogens with zero attached hydrogens (tertiary/aromatic N) is 2. The normalized spacial score (nSPS) is 25.2. The highest BCUT2D eigenvalue weighted by Crippen LogP contribution is 2.30. The number of hydrogen-bond donors (Lipinski definition) is 1. The monoisotopic (exact) mass is 268 g/mol. The van der Waals surface area contributed by atoms with Gasteiger partial charge in [-0.2, -0.15) is 0 Å². The zero-order chi connectivity index (χ0) is 13.2. The fourth-order valence-electron chi connectivity index (χ4n) is 2.47. The quantitative estimate of drug-likeness (QED) is 0.911. The SMILES string of the molecule is CCc1nc(CN2CCCC(C)(C(=O)O)C2)cs1. The minimum Gasteiger partial charge on any atom is -0.481 e. The van der Waals surface area contributed by atoms with E-state index in [9.17, 15) is 9.90 Å². The predicted molar refractivity (Wildman–Crippen MR) is 71.7 cm³/mol. The van der Waals surface area contributed by atoms with E-state index >= 15 is 0 Å². The first-order valence-corrected chi connectivity index (χ1v) is 7.30. The molecule has 100 valence electrons. The van der Waals surface area contributed by atoms with Gasteiger partial charge in [0.15, 0.2) is 0 Å². The molecule has 0 bridgehead atoms. The maximum atomic E-state index is 11.3. The van der Waals surface area contributed by atoms with Crippen LogP contribution < -0.4 is 0 Å². The molecule has 0 saturated carbocycles. The van der Waals surface area contributed by atoms with E-state index in [0.29, 0.717) is 6.54 Å². The van der Waals surface area contributed by atoms with Crippen molar-refractivity contribution in [2.24, 2.45) is 5.41 Å². The van der Waals surface area contributed by atoms with Crippen LogP contribution in [0.5, 0.6) is 0 Å². The minimum absolute atomic E-state index is 0.595. The van der Waals surface area contributed by atoms with Crippen LogP contribution in [0, 0.1) is 5.41 Å². The van der Waals surface area contributed by atoms with Gasteiger partial charge < -0.3 is 5.11 Å². The lowest BCUT2D eigenvalue weighted by atomic mass is 9.82. The molecule has 1 fully saturated rings. The van der Waals surface area contributed by atoms with Crippen molar-refractivity contribution in [1.29, 1.82) is 0 Å². The van der Waals surface area contributed by atoms with E-state index in [1.165, 1.54) is 0 Å². The third kappa shape index (κ3) is 2.90. The molecule has 4 nitrogen and oxygen atoms in total. The molecule has 5 heteroatoms. The van der Waals surface area contributed by atoms with Crippen LogP contribution in [0.2, 0.25) is 0 Å². The summed E-state index contributed by atoms with van der Waals surface area (Å²) in [7, 11) is 0. The van der Waals surface area contributed by atoms with Gasteiger partial charge in [-0.3, -0.25) is 9.69 Å². The van der Waals surface area contributed by atoms with Crippen molar-refractivity contribution in [1.82, 2.24) is 9.88 Å². The van der Waals surface area contributed by atoms with Gasteiger partial charge in [0.1, 0.15) is 0 Å². The zero-order valence-corrected chi connectivity index (χ0v) is 11.8. The molecule has 1 aromatic heterocycles. The second kappa shape index (κ2) is 5.36. The van der Waals surface area contributed by atoms with Crippen molar-refractivity contribution in [3.05, 3.63) is 16.1 Å². The standard InChI is InChI=1S/C13H20N2O2S/c1-3-11-14-10(8-18-11)7-15-6-4-5-13(2,9-15)12(16)17/h8H,3-7,9H2,1-2H3,(H,16,17). The third-order valence-electron chi connectivity index (χ3n) is 3.58. The Kier molecular flexibility index (Phi) is 4.02. The second-order valence-electron chi connectivity index (χ2n) is 5.27. The topological polar surface area (TPSA) is 53.4 Å². The van der Waals surface area contributed by atoms with E-state index in [1.807, 2.05) is 6.92 Å². The molecule has 1 atom stereocenters. The number of aromatic nitrogens is 1. The molecule has 1 saturated heterocycles. The third-order valence-corrected chi connectivity index (χ3v) is 4.62. The summed E-state index contributed by atoms with van der Waals surface area (Å²) in [6.07, 6.45) is 2.70. The summed E-state index contributed by atoms with van der Waals surface area (Å²) in [6, 6.07) is 0. The van der Waals surface area contributed by atoms with Gasteiger partial charge in [-0.25, -0.2) is 4.98 Å². The van der Waals surface area contributed by atoms with Gasteiger partial charge in [0.05, 0.1) is 16.1 Å². The number of aliphatic carboxylic acids is 1. The lowest BCUT2D eigenvalue weighted by Crippen LogP contribution is -2.45. The van der Waals surface area contributed by atoms with Gasteiger partial charge in [-0.1, -0.05) is 6.92 Å². The van der Waals surface area contributed by atoms with Crippen LogP contribution in [0.4, 0.5) is 0 Å². The van der Waals surface area contributed by atoms with Gasteiger partial charge in [-0.05, 0) is 32.7 Å². The number of carbonyl (C=O) groups is 1. The number of likely N-dealkylation sites (tertiary alicyclic amines) is 1. The Morgan fingerprint density at radius 1 is 1.67 bits per heavy atom. The minimum atomic E-state index is -0.681. The lowest BCUT2D eigenvalue weighted by molar-refractivity contribution is -0.151. The Morgan fingerprint density at radius 2 is 2.44 bits per heavy atom. The highest BCUT2D eigenvalue weighted by molar-refractivity contribution is 7.09. The largest absolute Gasteiger partial charge is 0.481 e. The average Bonchev–Trinajstić information content (AvgIpc) is 2.76. The Balaban J connectivity index is 1.99. The Hall–Kier alpha value is -0.940. The first kappa shape index (κ1) is 13.5. The van der Waals surface area contributed by atoms with Crippen LogP contribution >= 0.6 is 11.3 Å². The molecule has 0 amide bonds. The number of hydrogen-bond acceptors (Lipinski definition) is 4. The average molecular weight is 268 g/mol. The molecule has 0 spiro atoms. The van der Waals surface area contributed by atoms with Crippen molar-refractivity contribution in [2.45, 2.75) is 39.7 Å². The van der Waals surface area contributed by atoms with Crippen molar-refractivity contribution in [3.8, 4) is 0 Å². The number of carboxylic acid groups (broad SMARTS) is 1. The molecule has 1 unspecified atom stereocenters. The van der Waals surface area contributed by atoms with Gasteiger partial charge in [0.25, 0.3) is 0 Å². The van der Waals surface area contributed by atoms with Crippen LogP contribution in [-0.4, -0.2) is 34.0 Å². The molecule has 1 aromatic rings. The zero-order valence-electron chi connectivity index (χ0n) is 11.0. The highest BCUT2D eigenvalue weighted by Gasteiger charge is 2.37. The van der Waals surface area contributed by atoms with Gasteiger partial charge in [-0.15, -0.1) is 11.3 Å². The fraction of sp³-hybridized carbons (Fsp3) is 0.692. The molecule has 2 rings (SSSR count). The Labute approximate surface area is 112 Å². The van der Waals surface area contributed by atoms with E-state index in [2.05, 4.69) is 22.2 Å². The highest BCUT2D eigenvalue weighted by atomic mass is 32.1. The van der Waals surface area contributed by atoms with E-state index in [-0.39, 0.29) is 0 Å². The van der Waals surface area contributed by atoms with Crippen LogP contribution in [-0.2, 0) is 17.8 Å². The molecular weight excluding hydrogens is 248 g/mol. The van der Waals surface area contributed by atoms with Crippen LogP contribution in [0.25, 0.3) is 0 Å². The van der Waals surface area contributed by atoms with Crippen molar-refractivity contribution >= 4 is 17.3 Å². The smallest absolute Gasteiger partial charge is 0.310 e. The molecule has 0 aromatic carbocycles. The molecule has 1 aliphatic heterocycles. The summed E-state index contributed by atoms with van der Waals surface area (Å²) in [5.74, 6) is -0.681. The molecule has 1 aliphatic rings. The van der Waals surface area contributed by atoms with Crippen molar-refractivity contribution in [2.75, 3.05) is 13.1 Å². The first-order chi connectivity index (χ1) is 8.53. The number of aryl methyl sites for hydroxylation is 1. The van der Waals surface area contributed by atoms with E-state index in [4.69, 9.17) is 0 Å². The summed E-state index contributed by atoms with van der Waals surface area (Å²) in [5, 5.41) is 12.5. The summed E-state index contributed by atoms with van der Waals surface area (Å²) in [6.45, 7) is 6.33. The maximum absolute atomic E-state index is 11.3. The second-order valence-corrected chi connectivity index (χ2v) is 6.21.